The molecule has 0 spiro atoms. The Kier molecular flexibility index (Phi) is 2.59. The van der Waals surface area contributed by atoms with Crippen LogP contribution in [0.5, 0.6) is 0 Å². The molecule has 0 saturated carbocycles. The minimum absolute atomic E-state index is 0.0759. The summed E-state index contributed by atoms with van der Waals surface area (Å²) in [4.78, 5) is 18.2. The van der Waals surface area contributed by atoms with Crippen molar-refractivity contribution in [1.82, 2.24) is 4.98 Å². The molecule has 0 aromatic carbocycles. The Morgan fingerprint density at radius 3 is 2.76 bits per heavy atom. The van der Waals surface area contributed by atoms with Crippen molar-refractivity contribution >= 4 is 11.6 Å². The smallest absolute Gasteiger partial charge is 0.163 e. The summed E-state index contributed by atoms with van der Waals surface area (Å²) >= 11 is 0. The quantitative estimate of drug-likeness (QED) is 0.727. The van der Waals surface area contributed by atoms with E-state index in [1.807, 2.05) is 12.1 Å². The predicted octanol–water partition coefficient (Wildman–Crippen LogP) is 1.65. The first-order valence-corrected chi connectivity index (χ1v) is 6.10. The van der Waals surface area contributed by atoms with Crippen molar-refractivity contribution in [2.45, 2.75) is 32.0 Å². The van der Waals surface area contributed by atoms with Crippen molar-refractivity contribution in [3.63, 3.8) is 0 Å². The summed E-state index contributed by atoms with van der Waals surface area (Å²) in [5.41, 5.74) is 0.716. The van der Waals surface area contributed by atoms with Gasteiger partial charge in [-0.15, -0.1) is 0 Å². The number of aromatic nitrogens is 1. The molecule has 2 bridgehead atoms. The van der Waals surface area contributed by atoms with E-state index in [2.05, 4.69) is 9.88 Å². The molecular weight excluding hydrogens is 216 g/mol. The highest BCUT2D eigenvalue weighted by molar-refractivity contribution is 5.98. The molecule has 4 heteroatoms. The summed E-state index contributed by atoms with van der Waals surface area (Å²) in [5, 5.41) is 0. The van der Waals surface area contributed by atoms with E-state index in [1.165, 1.54) is 0 Å². The van der Waals surface area contributed by atoms with E-state index in [4.69, 9.17) is 4.74 Å². The Hall–Kier alpha value is -1.42. The van der Waals surface area contributed by atoms with E-state index in [-0.39, 0.29) is 5.78 Å². The van der Waals surface area contributed by atoms with Gasteiger partial charge in [-0.25, -0.2) is 4.98 Å². The number of ketones is 1. The molecule has 2 fully saturated rings. The molecule has 90 valence electrons. The van der Waals surface area contributed by atoms with Crippen molar-refractivity contribution in [3.05, 3.63) is 23.9 Å². The van der Waals surface area contributed by atoms with Gasteiger partial charge in [-0.3, -0.25) is 4.79 Å². The van der Waals surface area contributed by atoms with Gasteiger partial charge in [-0.2, -0.15) is 0 Å². The van der Waals surface area contributed by atoms with Gasteiger partial charge in [0.05, 0.1) is 17.8 Å². The fraction of sp³-hybridized carbons (Fsp3) is 0.538. The maximum atomic E-state index is 11.6. The Morgan fingerprint density at radius 1 is 1.41 bits per heavy atom. The SMILES string of the molecule is CC(=O)c1cccnc1N1CC2CCC(C1)O2. The van der Waals surface area contributed by atoms with Gasteiger partial charge in [0, 0.05) is 19.3 Å². The third-order valence-corrected chi connectivity index (χ3v) is 3.51. The summed E-state index contributed by atoms with van der Waals surface area (Å²) in [6.45, 7) is 3.30. The third-order valence-electron chi connectivity index (χ3n) is 3.51. The fourth-order valence-corrected chi connectivity index (χ4v) is 2.71. The van der Waals surface area contributed by atoms with Crippen LogP contribution in [-0.2, 0) is 4.74 Å². The lowest BCUT2D eigenvalue weighted by molar-refractivity contribution is 0.0301. The molecular formula is C13H16N2O2. The second kappa shape index (κ2) is 4.11. The fourth-order valence-electron chi connectivity index (χ4n) is 2.71. The average Bonchev–Trinajstić information content (AvgIpc) is 2.68. The first-order chi connectivity index (χ1) is 8.24. The summed E-state index contributed by atoms with van der Waals surface area (Å²) in [5.74, 6) is 0.895. The maximum absolute atomic E-state index is 11.6. The molecule has 0 radical (unpaired) electrons. The van der Waals surface area contributed by atoms with E-state index in [1.54, 1.807) is 13.1 Å². The number of Topliss-reactive ketones (excluding diaryl/α,β-unsaturated/α-hetero) is 1. The molecule has 2 atom stereocenters. The first-order valence-electron chi connectivity index (χ1n) is 6.10. The lowest BCUT2D eigenvalue weighted by atomic mass is 10.1. The second-order valence-corrected chi connectivity index (χ2v) is 4.79. The van der Waals surface area contributed by atoms with Gasteiger partial charge in [0.2, 0.25) is 0 Å². The Morgan fingerprint density at radius 2 is 2.12 bits per heavy atom. The molecule has 1 aromatic heterocycles. The summed E-state index contributed by atoms with van der Waals surface area (Å²) < 4.78 is 5.79. The third kappa shape index (κ3) is 1.93. The van der Waals surface area contributed by atoms with E-state index >= 15 is 0 Å². The van der Waals surface area contributed by atoms with Crippen LogP contribution in [0.3, 0.4) is 0 Å². The molecule has 0 N–H and O–H groups in total. The van der Waals surface area contributed by atoms with Gasteiger partial charge in [-0.05, 0) is 31.9 Å². The summed E-state index contributed by atoms with van der Waals surface area (Å²) in [6, 6.07) is 3.66. The molecule has 4 nitrogen and oxygen atoms in total. The van der Waals surface area contributed by atoms with Crippen LogP contribution in [0.15, 0.2) is 18.3 Å². The molecule has 2 saturated heterocycles. The average molecular weight is 232 g/mol. The number of hydrogen-bond acceptors (Lipinski definition) is 4. The molecule has 0 aliphatic carbocycles. The molecule has 2 aliphatic heterocycles. The highest BCUT2D eigenvalue weighted by Crippen LogP contribution is 2.30. The molecule has 2 aliphatic rings. The first kappa shape index (κ1) is 10.7. The second-order valence-electron chi connectivity index (χ2n) is 4.79. The number of carbonyl (C=O) groups excluding carboxylic acids is 1. The zero-order valence-electron chi connectivity index (χ0n) is 9.93. The molecule has 1 aromatic rings. The number of nitrogens with zero attached hydrogens (tertiary/aromatic N) is 2. The van der Waals surface area contributed by atoms with Gasteiger partial charge in [-0.1, -0.05) is 0 Å². The highest BCUT2D eigenvalue weighted by Gasteiger charge is 2.35. The molecule has 17 heavy (non-hydrogen) atoms. The Bertz CT molecular complexity index is 435. The zero-order valence-corrected chi connectivity index (χ0v) is 9.93. The lowest BCUT2D eigenvalue weighted by Crippen LogP contribution is -2.43. The van der Waals surface area contributed by atoms with Crippen LogP contribution in [0.25, 0.3) is 0 Å². The van der Waals surface area contributed by atoms with Crippen molar-refractivity contribution in [3.8, 4) is 0 Å². The van der Waals surface area contributed by atoms with Gasteiger partial charge < -0.3 is 9.64 Å². The van der Waals surface area contributed by atoms with Crippen molar-refractivity contribution in [2.75, 3.05) is 18.0 Å². The molecule has 3 rings (SSSR count). The van der Waals surface area contributed by atoms with Gasteiger partial charge in [0.25, 0.3) is 0 Å². The van der Waals surface area contributed by atoms with Gasteiger partial charge >= 0.3 is 0 Å². The lowest BCUT2D eigenvalue weighted by Gasteiger charge is -2.33. The number of morpholine rings is 1. The van der Waals surface area contributed by atoms with Crippen LogP contribution < -0.4 is 4.90 Å². The minimum Gasteiger partial charge on any atom is -0.371 e. The van der Waals surface area contributed by atoms with Gasteiger partial charge in [0.15, 0.2) is 5.78 Å². The highest BCUT2D eigenvalue weighted by atomic mass is 16.5. The number of carbonyl (C=O) groups is 1. The van der Waals surface area contributed by atoms with Crippen LogP contribution in [0.1, 0.15) is 30.1 Å². The number of pyridine rings is 1. The topological polar surface area (TPSA) is 42.4 Å². The monoisotopic (exact) mass is 232 g/mol. The van der Waals surface area contributed by atoms with Crippen LogP contribution in [0.4, 0.5) is 5.82 Å². The Balaban J connectivity index is 1.91. The zero-order chi connectivity index (χ0) is 11.8. The number of rotatable bonds is 2. The minimum atomic E-state index is 0.0759. The van der Waals surface area contributed by atoms with Crippen molar-refractivity contribution in [2.24, 2.45) is 0 Å². The predicted molar refractivity (Wildman–Crippen MR) is 64.3 cm³/mol. The van der Waals surface area contributed by atoms with E-state index < -0.39 is 0 Å². The van der Waals surface area contributed by atoms with Crippen LogP contribution in [0.2, 0.25) is 0 Å². The molecule has 0 amide bonds. The summed E-state index contributed by atoms with van der Waals surface area (Å²) in [6.07, 6.45) is 4.64. The maximum Gasteiger partial charge on any atom is 0.163 e. The normalized spacial score (nSPS) is 27.2. The standard InChI is InChI=1S/C13H16N2O2/c1-9(16)12-3-2-6-14-13(12)15-7-10-4-5-11(8-15)17-10/h2-3,6,10-11H,4-5,7-8H2,1H3. The van der Waals surface area contributed by atoms with E-state index in [9.17, 15) is 4.79 Å². The summed E-state index contributed by atoms with van der Waals surface area (Å²) in [7, 11) is 0. The largest absolute Gasteiger partial charge is 0.371 e. The van der Waals surface area contributed by atoms with Crippen LogP contribution in [-0.4, -0.2) is 36.1 Å². The van der Waals surface area contributed by atoms with Gasteiger partial charge in [0.1, 0.15) is 5.82 Å². The number of fused-ring (bicyclic) bond motifs is 2. The van der Waals surface area contributed by atoms with E-state index in [0.29, 0.717) is 17.8 Å². The van der Waals surface area contributed by atoms with Crippen molar-refractivity contribution in [1.29, 1.82) is 0 Å². The van der Waals surface area contributed by atoms with Crippen LogP contribution in [0, 0.1) is 0 Å². The number of anilines is 1. The van der Waals surface area contributed by atoms with E-state index in [0.717, 1.165) is 31.7 Å². The molecule has 2 unspecified atom stereocenters. The Labute approximate surface area is 101 Å². The number of hydrogen-bond donors (Lipinski definition) is 0. The van der Waals surface area contributed by atoms with Crippen molar-refractivity contribution < 1.29 is 9.53 Å². The number of ether oxygens (including phenoxy) is 1. The molecule has 3 heterocycles. The van der Waals surface area contributed by atoms with Crippen LogP contribution >= 0.6 is 0 Å².